The molecule has 0 saturated heterocycles. The third-order valence-electron chi connectivity index (χ3n) is 5.88. The Hall–Kier alpha value is -2.94. The van der Waals surface area contributed by atoms with Crippen LogP contribution >= 0.6 is 20.8 Å². The van der Waals surface area contributed by atoms with Crippen LogP contribution in [0.15, 0.2) is 58.1 Å². The molecule has 4 rings (SSSR count). The van der Waals surface area contributed by atoms with Crippen LogP contribution in [0.5, 0.6) is 5.75 Å². The molecule has 2 aromatic carbocycles. The quantitative estimate of drug-likeness (QED) is 0.406. The highest BCUT2D eigenvalue weighted by Gasteiger charge is 2.35. The van der Waals surface area contributed by atoms with Gasteiger partial charge >= 0.3 is 11.5 Å². The summed E-state index contributed by atoms with van der Waals surface area (Å²) in [6.45, 7) is 0.252. The summed E-state index contributed by atoms with van der Waals surface area (Å²) in [5, 5.41) is 13.1. The molecular formula is C24H26ClF2N4O4P. The fourth-order valence-corrected chi connectivity index (χ4v) is 4.51. The van der Waals surface area contributed by atoms with E-state index in [4.69, 9.17) is 11.6 Å². The molecule has 0 bridgehead atoms. The number of halogens is 3. The van der Waals surface area contributed by atoms with Gasteiger partial charge in [-0.05, 0) is 51.1 Å². The fourth-order valence-electron chi connectivity index (χ4n) is 4.25. The molecular weight excluding hydrogens is 513 g/mol. The second-order valence-corrected chi connectivity index (χ2v) is 9.61. The van der Waals surface area contributed by atoms with Crippen LogP contribution in [0.1, 0.15) is 17.5 Å². The zero-order valence-electron chi connectivity index (χ0n) is 19.5. The first-order valence-electron chi connectivity index (χ1n) is 11.2. The topological polar surface area (TPSA) is 88.7 Å². The second-order valence-electron chi connectivity index (χ2n) is 8.50. The van der Waals surface area contributed by atoms with Crippen molar-refractivity contribution in [3.63, 3.8) is 0 Å². The molecule has 2 heterocycles. The highest BCUT2D eigenvalue weighted by molar-refractivity contribution is 7.17. The molecule has 0 fully saturated rings. The van der Waals surface area contributed by atoms with Crippen molar-refractivity contribution in [2.75, 3.05) is 16.8 Å². The summed E-state index contributed by atoms with van der Waals surface area (Å²) < 4.78 is 33.8. The molecule has 1 aliphatic heterocycles. The molecule has 0 radical (unpaired) electrons. The van der Waals surface area contributed by atoms with E-state index in [1.54, 1.807) is 31.3 Å². The van der Waals surface area contributed by atoms with Crippen molar-refractivity contribution in [1.29, 1.82) is 0 Å². The first kappa shape index (κ1) is 26.1. The van der Waals surface area contributed by atoms with Crippen molar-refractivity contribution < 1.29 is 18.6 Å². The molecule has 192 valence electrons. The monoisotopic (exact) mass is 538 g/mol. The summed E-state index contributed by atoms with van der Waals surface area (Å²) in [7, 11) is 2.91. The van der Waals surface area contributed by atoms with Gasteiger partial charge in [-0.2, -0.15) is 8.78 Å². The Balaban J connectivity index is 1.74. The van der Waals surface area contributed by atoms with E-state index in [1.165, 1.54) is 25.9 Å². The number of anilines is 2. The van der Waals surface area contributed by atoms with Gasteiger partial charge in [0.15, 0.2) is 0 Å². The van der Waals surface area contributed by atoms with Crippen LogP contribution in [0.3, 0.4) is 0 Å². The van der Waals surface area contributed by atoms with Crippen LogP contribution in [0.4, 0.5) is 20.3 Å². The Bertz CT molecular complexity index is 1360. The fraction of sp³-hybridized carbons (Fsp3) is 0.333. The van der Waals surface area contributed by atoms with E-state index in [-0.39, 0.29) is 25.3 Å². The SMILES string of the molecule is Cn1c2c(c(=O)n(CCCO)c1=O)N(Cc1ccc(Cl)cc1)C(Cc1cccc(OC(F)(F)P)c1)N2. The van der Waals surface area contributed by atoms with E-state index in [2.05, 4.69) is 10.1 Å². The molecule has 0 spiro atoms. The Morgan fingerprint density at radius 3 is 2.56 bits per heavy atom. The lowest BCUT2D eigenvalue weighted by Gasteiger charge is -2.27. The first-order valence-corrected chi connectivity index (χ1v) is 12.2. The molecule has 12 heteroatoms. The molecule has 8 nitrogen and oxygen atoms in total. The van der Waals surface area contributed by atoms with E-state index >= 15 is 0 Å². The lowest BCUT2D eigenvalue weighted by molar-refractivity contribution is -0.0892. The van der Waals surface area contributed by atoms with Crippen molar-refractivity contribution in [1.82, 2.24) is 9.13 Å². The average Bonchev–Trinajstić information content (AvgIpc) is 3.16. The maximum Gasteiger partial charge on any atom is 0.408 e. The maximum atomic E-state index is 13.5. The number of hydrogen-bond donors (Lipinski definition) is 2. The van der Waals surface area contributed by atoms with Gasteiger partial charge in [-0.15, -0.1) is 0 Å². The van der Waals surface area contributed by atoms with E-state index in [0.717, 1.165) is 10.1 Å². The van der Waals surface area contributed by atoms with Crippen molar-refractivity contribution in [2.24, 2.45) is 7.05 Å². The van der Waals surface area contributed by atoms with E-state index in [0.29, 0.717) is 35.1 Å². The van der Waals surface area contributed by atoms with E-state index < -0.39 is 23.3 Å². The second kappa shape index (κ2) is 10.6. The molecule has 2 atom stereocenters. The molecule has 0 aliphatic carbocycles. The van der Waals surface area contributed by atoms with Crippen molar-refractivity contribution in [2.45, 2.75) is 37.9 Å². The van der Waals surface area contributed by atoms with E-state index in [9.17, 15) is 23.5 Å². The standard InChI is InChI=1S/C24H26ClF2N4O4P/c1-29-21-20(22(33)30(23(29)34)10-3-11-32)31(14-15-6-8-17(25)9-7-15)19(28-21)13-16-4-2-5-18(12-16)35-24(26,27)36/h2,4-9,12,19,28,32H,3,10-11,13-14,36H2,1H3. The van der Waals surface area contributed by atoms with Gasteiger partial charge in [-0.25, -0.2) is 4.79 Å². The molecule has 0 amide bonds. The van der Waals surface area contributed by atoms with Gasteiger partial charge in [-0.1, -0.05) is 35.9 Å². The van der Waals surface area contributed by atoms with Gasteiger partial charge < -0.3 is 20.1 Å². The summed E-state index contributed by atoms with van der Waals surface area (Å²) in [6.07, 6.45) is 0.121. The lowest BCUT2D eigenvalue weighted by Crippen LogP contribution is -2.42. The average molecular weight is 539 g/mol. The Kier molecular flexibility index (Phi) is 7.68. The van der Waals surface area contributed by atoms with Crippen LogP contribution in [0.2, 0.25) is 5.02 Å². The number of benzene rings is 2. The number of nitrogens with one attached hydrogen (secondary N) is 1. The lowest BCUT2D eigenvalue weighted by atomic mass is 10.1. The molecule has 1 aromatic heterocycles. The van der Waals surface area contributed by atoms with Gasteiger partial charge in [0.05, 0.1) is 0 Å². The highest BCUT2D eigenvalue weighted by Crippen LogP contribution is 2.34. The molecule has 0 saturated carbocycles. The summed E-state index contributed by atoms with van der Waals surface area (Å²) in [6, 6.07) is 13.5. The molecule has 2 N–H and O–H groups in total. The number of ether oxygens (including phenoxy) is 1. The molecule has 36 heavy (non-hydrogen) atoms. The van der Waals surface area contributed by atoms with Crippen LogP contribution in [0, 0.1) is 0 Å². The van der Waals surface area contributed by atoms with Gasteiger partial charge in [0.25, 0.3) is 5.56 Å². The van der Waals surface area contributed by atoms with Crippen LogP contribution in [-0.4, -0.2) is 32.9 Å². The first-order chi connectivity index (χ1) is 17.1. The molecule has 1 aliphatic rings. The van der Waals surface area contributed by atoms with Crippen molar-refractivity contribution in [3.05, 3.63) is 85.5 Å². The number of aliphatic hydroxyl groups is 1. The van der Waals surface area contributed by atoms with Crippen molar-refractivity contribution >= 4 is 32.3 Å². The van der Waals surface area contributed by atoms with Gasteiger partial charge in [0, 0.05) is 38.2 Å². The number of aliphatic hydroxyl groups excluding tert-OH is 1. The third-order valence-corrected chi connectivity index (χ3v) is 6.25. The highest BCUT2D eigenvalue weighted by atomic mass is 35.5. The van der Waals surface area contributed by atoms with Crippen LogP contribution in [0.25, 0.3) is 0 Å². The van der Waals surface area contributed by atoms with Gasteiger partial charge in [0.2, 0.25) is 0 Å². The predicted molar refractivity (Wildman–Crippen MR) is 138 cm³/mol. The largest absolute Gasteiger partial charge is 0.430 e. The molecule has 2 unspecified atom stereocenters. The predicted octanol–water partition coefficient (Wildman–Crippen LogP) is 3.39. The number of hydrogen-bond acceptors (Lipinski definition) is 6. The zero-order chi connectivity index (χ0) is 26.0. The minimum absolute atomic E-state index is 0.00558. The van der Waals surface area contributed by atoms with Gasteiger partial charge in [-0.3, -0.25) is 13.9 Å². The Labute approximate surface area is 213 Å². The summed E-state index contributed by atoms with van der Waals surface area (Å²) in [4.78, 5) is 28.2. The summed E-state index contributed by atoms with van der Waals surface area (Å²) >= 11 is 6.03. The van der Waals surface area contributed by atoms with Crippen LogP contribution in [-0.2, 0) is 26.6 Å². The zero-order valence-corrected chi connectivity index (χ0v) is 21.4. The van der Waals surface area contributed by atoms with Gasteiger partial charge in [0.1, 0.15) is 23.4 Å². The minimum atomic E-state index is -3.40. The number of rotatable bonds is 9. The summed E-state index contributed by atoms with van der Waals surface area (Å²) in [5.41, 5.74) is 0.932. The maximum absolute atomic E-state index is 13.5. The number of fused-ring (bicyclic) bond motifs is 1. The molecule has 3 aromatic rings. The number of aromatic nitrogens is 2. The minimum Gasteiger partial charge on any atom is -0.430 e. The van der Waals surface area contributed by atoms with E-state index in [1.807, 2.05) is 17.0 Å². The summed E-state index contributed by atoms with van der Waals surface area (Å²) in [5.74, 6) is -3.03. The van der Waals surface area contributed by atoms with Crippen LogP contribution < -0.4 is 26.2 Å². The Morgan fingerprint density at radius 2 is 1.89 bits per heavy atom. The smallest absolute Gasteiger partial charge is 0.408 e. The normalized spacial score (nSPS) is 15.1. The van der Waals surface area contributed by atoms with Crippen molar-refractivity contribution in [3.8, 4) is 5.75 Å². The number of nitrogens with zero attached hydrogens (tertiary/aromatic N) is 3. The Morgan fingerprint density at radius 1 is 1.17 bits per heavy atom. The number of alkyl halides is 2. The third kappa shape index (κ3) is 5.72.